The number of nitrogens with zero attached hydrogens (tertiary/aromatic N) is 3. The number of carbonyl (C=O) groups is 1. The first-order chi connectivity index (χ1) is 13.1. The van der Waals surface area contributed by atoms with Gasteiger partial charge in [0.15, 0.2) is 11.5 Å². The Balaban J connectivity index is 1.61. The van der Waals surface area contributed by atoms with Crippen LogP contribution in [0.4, 0.5) is 10.5 Å². The molecule has 1 N–H and O–H groups in total. The number of carbonyl (C=O) groups excluding carboxylic acids is 1. The number of urea groups is 1. The summed E-state index contributed by atoms with van der Waals surface area (Å²) in [5.41, 5.74) is 0.645. The first-order valence-corrected chi connectivity index (χ1v) is 8.83. The third-order valence-electron chi connectivity index (χ3n) is 4.34. The second-order valence-corrected chi connectivity index (χ2v) is 6.27. The van der Waals surface area contributed by atoms with Crippen LogP contribution in [-0.2, 0) is 0 Å². The molecule has 144 valence electrons. The summed E-state index contributed by atoms with van der Waals surface area (Å²) < 4.78 is 16.4. The summed E-state index contributed by atoms with van der Waals surface area (Å²) in [6, 6.07) is 6.83. The predicted octanol–water partition coefficient (Wildman–Crippen LogP) is 2.88. The minimum atomic E-state index is -0.172. The second kappa shape index (κ2) is 8.57. The fourth-order valence-corrected chi connectivity index (χ4v) is 3.01. The van der Waals surface area contributed by atoms with Crippen molar-refractivity contribution in [1.82, 2.24) is 14.9 Å². The van der Waals surface area contributed by atoms with Gasteiger partial charge < -0.3 is 24.4 Å². The van der Waals surface area contributed by atoms with E-state index in [0.717, 1.165) is 12.8 Å². The van der Waals surface area contributed by atoms with Crippen molar-refractivity contribution in [1.29, 1.82) is 0 Å². The molecule has 1 unspecified atom stereocenters. The van der Waals surface area contributed by atoms with Crippen molar-refractivity contribution in [2.45, 2.75) is 25.9 Å². The normalized spacial score (nSPS) is 16.6. The predicted molar refractivity (Wildman–Crippen MR) is 101 cm³/mol. The molecular weight excluding hydrogens is 348 g/mol. The zero-order valence-electron chi connectivity index (χ0n) is 15.8. The average Bonchev–Trinajstić information content (AvgIpc) is 2.68. The summed E-state index contributed by atoms with van der Waals surface area (Å²) in [7, 11) is 3.13. The molecule has 2 heterocycles. The highest BCUT2D eigenvalue weighted by atomic mass is 16.5. The van der Waals surface area contributed by atoms with Crippen molar-refractivity contribution in [3.8, 4) is 17.4 Å². The van der Waals surface area contributed by atoms with Crippen LogP contribution in [0.2, 0.25) is 0 Å². The van der Waals surface area contributed by atoms with Crippen molar-refractivity contribution in [2.75, 3.05) is 32.6 Å². The SMILES string of the molecule is COc1ccc(NC(=O)N2CCCC(Oc3ccnc(C)n3)C2)cc1OC. The van der Waals surface area contributed by atoms with E-state index in [9.17, 15) is 4.79 Å². The van der Waals surface area contributed by atoms with Crippen molar-refractivity contribution >= 4 is 11.7 Å². The molecule has 0 aliphatic carbocycles. The number of hydrogen-bond acceptors (Lipinski definition) is 6. The molecule has 1 atom stereocenters. The zero-order valence-corrected chi connectivity index (χ0v) is 15.8. The number of aromatic nitrogens is 2. The standard InChI is InChI=1S/C19H24N4O4/c1-13-20-9-8-18(21-13)27-15-5-4-10-23(12-15)19(24)22-14-6-7-16(25-2)17(11-14)26-3/h6-9,11,15H,4-5,10,12H2,1-3H3,(H,22,24). The maximum atomic E-state index is 12.6. The first kappa shape index (κ1) is 18.8. The molecule has 0 saturated carbocycles. The van der Waals surface area contributed by atoms with E-state index in [4.69, 9.17) is 14.2 Å². The van der Waals surface area contributed by atoms with Crippen LogP contribution in [0.25, 0.3) is 0 Å². The minimum Gasteiger partial charge on any atom is -0.493 e. The number of rotatable bonds is 5. The van der Waals surface area contributed by atoms with E-state index >= 15 is 0 Å². The smallest absolute Gasteiger partial charge is 0.321 e. The molecule has 1 saturated heterocycles. The van der Waals surface area contributed by atoms with E-state index in [-0.39, 0.29) is 12.1 Å². The topological polar surface area (TPSA) is 85.8 Å². The maximum absolute atomic E-state index is 12.6. The number of likely N-dealkylation sites (tertiary alicyclic amines) is 1. The lowest BCUT2D eigenvalue weighted by Gasteiger charge is -2.32. The fraction of sp³-hybridized carbons (Fsp3) is 0.421. The van der Waals surface area contributed by atoms with E-state index in [0.29, 0.717) is 42.0 Å². The molecule has 1 aliphatic heterocycles. The van der Waals surface area contributed by atoms with Crippen molar-refractivity contribution in [3.63, 3.8) is 0 Å². The Kier molecular flexibility index (Phi) is 5.95. The monoisotopic (exact) mass is 372 g/mol. The van der Waals surface area contributed by atoms with E-state index in [2.05, 4.69) is 15.3 Å². The van der Waals surface area contributed by atoms with Gasteiger partial charge in [0.1, 0.15) is 11.9 Å². The lowest BCUT2D eigenvalue weighted by Crippen LogP contribution is -2.46. The molecule has 2 aromatic rings. The lowest BCUT2D eigenvalue weighted by atomic mass is 10.1. The Hall–Kier alpha value is -3.03. The molecule has 8 nitrogen and oxygen atoms in total. The van der Waals surface area contributed by atoms with Crippen LogP contribution < -0.4 is 19.5 Å². The summed E-state index contributed by atoms with van der Waals surface area (Å²) in [6.45, 7) is 3.00. The molecule has 3 rings (SSSR count). The van der Waals surface area contributed by atoms with Gasteiger partial charge in [-0.1, -0.05) is 0 Å². The maximum Gasteiger partial charge on any atom is 0.321 e. The van der Waals surface area contributed by atoms with Crippen LogP contribution in [0.1, 0.15) is 18.7 Å². The quantitative estimate of drug-likeness (QED) is 0.869. The Morgan fingerprint density at radius 2 is 2.04 bits per heavy atom. The van der Waals surface area contributed by atoms with E-state index in [1.807, 2.05) is 6.92 Å². The zero-order chi connectivity index (χ0) is 19.2. The summed E-state index contributed by atoms with van der Waals surface area (Å²) in [6.07, 6.45) is 3.32. The Bertz CT molecular complexity index is 799. The van der Waals surface area contributed by atoms with Crippen LogP contribution in [0.3, 0.4) is 0 Å². The first-order valence-electron chi connectivity index (χ1n) is 8.83. The van der Waals surface area contributed by atoms with Crippen molar-refractivity contribution in [2.24, 2.45) is 0 Å². The van der Waals surface area contributed by atoms with Crippen molar-refractivity contribution in [3.05, 3.63) is 36.3 Å². The number of methoxy groups -OCH3 is 2. The van der Waals surface area contributed by atoms with Crippen LogP contribution in [0, 0.1) is 6.92 Å². The number of piperidine rings is 1. The fourth-order valence-electron chi connectivity index (χ4n) is 3.01. The lowest BCUT2D eigenvalue weighted by molar-refractivity contribution is 0.102. The summed E-state index contributed by atoms with van der Waals surface area (Å²) in [5.74, 6) is 2.37. The van der Waals surface area contributed by atoms with Gasteiger partial charge in [0.2, 0.25) is 5.88 Å². The van der Waals surface area contributed by atoms with Crippen LogP contribution >= 0.6 is 0 Å². The summed E-state index contributed by atoms with van der Waals surface area (Å²) in [4.78, 5) is 22.7. The minimum absolute atomic E-state index is 0.0933. The third kappa shape index (κ3) is 4.78. The number of aryl methyl sites for hydroxylation is 1. The van der Waals surface area contributed by atoms with Gasteiger partial charge >= 0.3 is 6.03 Å². The van der Waals surface area contributed by atoms with Crippen LogP contribution in [0.15, 0.2) is 30.5 Å². The van der Waals surface area contributed by atoms with Crippen LogP contribution in [-0.4, -0.2) is 54.3 Å². The molecule has 1 fully saturated rings. The molecule has 0 radical (unpaired) electrons. The third-order valence-corrected chi connectivity index (χ3v) is 4.34. The van der Waals surface area contributed by atoms with E-state index in [1.54, 1.807) is 49.6 Å². The van der Waals surface area contributed by atoms with Gasteiger partial charge in [0.05, 0.1) is 20.8 Å². The van der Waals surface area contributed by atoms with Crippen LogP contribution in [0.5, 0.6) is 17.4 Å². The second-order valence-electron chi connectivity index (χ2n) is 6.27. The van der Waals surface area contributed by atoms with Gasteiger partial charge in [0.25, 0.3) is 0 Å². The number of hydrogen-bond donors (Lipinski definition) is 1. The number of nitrogens with one attached hydrogen (secondary N) is 1. The van der Waals surface area contributed by atoms with Gasteiger partial charge in [-0.3, -0.25) is 0 Å². The number of amides is 2. The molecule has 8 heteroatoms. The van der Waals surface area contributed by atoms with Gasteiger partial charge in [0, 0.05) is 30.6 Å². The molecule has 0 spiro atoms. The molecule has 0 bridgehead atoms. The number of benzene rings is 1. The Morgan fingerprint density at radius 3 is 2.78 bits per heavy atom. The molecule has 1 aromatic heterocycles. The van der Waals surface area contributed by atoms with Gasteiger partial charge in [-0.15, -0.1) is 0 Å². The van der Waals surface area contributed by atoms with E-state index < -0.39 is 0 Å². The number of anilines is 1. The number of ether oxygens (including phenoxy) is 3. The average molecular weight is 372 g/mol. The van der Waals surface area contributed by atoms with Gasteiger partial charge in [-0.05, 0) is 31.9 Å². The van der Waals surface area contributed by atoms with Gasteiger partial charge in [-0.25, -0.2) is 9.78 Å². The highest BCUT2D eigenvalue weighted by Gasteiger charge is 2.25. The highest BCUT2D eigenvalue weighted by molar-refractivity contribution is 5.89. The molecule has 2 amide bonds. The molecular formula is C19H24N4O4. The van der Waals surface area contributed by atoms with E-state index in [1.165, 1.54) is 0 Å². The van der Waals surface area contributed by atoms with Gasteiger partial charge in [-0.2, -0.15) is 4.98 Å². The summed E-state index contributed by atoms with van der Waals surface area (Å²) in [5, 5.41) is 2.90. The molecule has 1 aromatic carbocycles. The largest absolute Gasteiger partial charge is 0.493 e. The summed E-state index contributed by atoms with van der Waals surface area (Å²) >= 11 is 0. The Morgan fingerprint density at radius 1 is 1.22 bits per heavy atom. The molecule has 27 heavy (non-hydrogen) atoms. The highest BCUT2D eigenvalue weighted by Crippen LogP contribution is 2.30. The van der Waals surface area contributed by atoms with Crippen molar-refractivity contribution < 1.29 is 19.0 Å². The Labute approximate surface area is 158 Å². The molecule has 1 aliphatic rings.